The van der Waals surface area contributed by atoms with Gasteiger partial charge in [0.25, 0.3) is 0 Å². The largest absolute Gasteiger partial charge is 0.373 e. The van der Waals surface area contributed by atoms with Crippen molar-refractivity contribution in [1.82, 2.24) is 4.57 Å². The normalized spacial score (nSPS) is 35.0. The highest BCUT2D eigenvalue weighted by Crippen LogP contribution is 2.55. The van der Waals surface area contributed by atoms with Gasteiger partial charge in [-0.2, -0.15) is 0 Å². The molecule has 1 aromatic heterocycles. The van der Waals surface area contributed by atoms with Crippen molar-refractivity contribution in [3.8, 4) is 0 Å². The molecule has 2 aromatic rings. The van der Waals surface area contributed by atoms with Gasteiger partial charge in [0.15, 0.2) is 0 Å². The number of rotatable bonds is 0. The fourth-order valence-electron chi connectivity index (χ4n) is 5.42. The second-order valence-electron chi connectivity index (χ2n) is 6.98. The van der Waals surface area contributed by atoms with Crippen LogP contribution in [0.25, 0.3) is 10.9 Å². The first-order valence-corrected chi connectivity index (χ1v) is 8.14. The Morgan fingerprint density at radius 3 is 2.85 bits per heavy atom. The number of aliphatic hydroxyl groups is 1. The van der Waals surface area contributed by atoms with Gasteiger partial charge in [-0.3, -0.25) is 0 Å². The Bertz CT molecular complexity index is 686. The smallest absolute Gasteiger partial charge is 0.131 e. The van der Waals surface area contributed by atoms with Crippen LogP contribution < -0.4 is 0 Å². The van der Waals surface area contributed by atoms with Crippen LogP contribution in [0, 0.1) is 11.8 Å². The van der Waals surface area contributed by atoms with Crippen LogP contribution >= 0.6 is 0 Å². The fraction of sp³-hybridized carbons (Fsp3) is 0.556. The van der Waals surface area contributed by atoms with Gasteiger partial charge in [-0.1, -0.05) is 24.6 Å². The summed E-state index contributed by atoms with van der Waals surface area (Å²) in [5.41, 5.74) is 4.31. The van der Waals surface area contributed by atoms with Crippen LogP contribution in [0.2, 0.25) is 0 Å². The molecule has 0 bridgehead atoms. The van der Waals surface area contributed by atoms with E-state index in [1.165, 1.54) is 48.7 Å². The average Bonchev–Trinajstić information content (AvgIpc) is 2.82. The molecule has 1 aliphatic heterocycles. The van der Waals surface area contributed by atoms with Gasteiger partial charge in [-0.15, -0.1) is 0 Å². The van der Waals surface area contributed by atoms with E-state index in [1.807, 2.05) is 0 Å². The topological polar surface area (TPSA) is 25.2 Å². The number of hydrogen-bond acceptors (Lipinski definition) is 1. The van der Waals surface area contributed by atoms with Gasteiger partial charge in [-0.05, 0) is 55.6 Å². The van der Waals surface area contributed by atoms with Crippen LogP contribution in [-0.4, -0.2) is 9.67 Å². The molecule has 20 heavy (non-hydrogen) atoms. The van der Waals surface area contributed by atoms with Crippen LogP contribution in [0.3, 0.4) is 0 Å². The molecule has 1 saturated carbocycles. The van der Waals surface area contributed by atoms with E-state index in [0.717, 1.165) is 24.2 Å². The van der Waals surface area contributed by atoms with Crippen molar-refractivity contribution in [2.45, 2.75) is 50.7 Å². The van der Waals surface area contributed by atoms with E-state index < -0.39 is 0 Å². The second kappa shape index (κ2) is 3.88. The summed E-state index contributed by atoms with van der Waals surface area (Å²) >= 11 is 0. The minimum atomic E-state index is -0.304. The molecule has 1 N–H and O–H groups in total. The first kappa shape index (κ1) is 11.4. The summed E-state index contributed by atoms with van der Waals surface area (Å²) in [4.78, 5) is 0. The van der Waals surface area contributed by atoms with Crippen molar-refractivity contribution in [3.05, 3.63) is 35.5 Å². The van der Waals surface area contributed by atoms with Crippen LogP contribution in [0.4, 0.5) is 0 Å². The van der Waals surface area contributed by atoms with Crippen molar-refractivity contribution >= 4 is 10.9 Å². The zero-order valence-electron chi connectivity index (χ0n) is 11.8. The van der Waals surface area contributed by atoms with Crippen LogP contribution in [-0.2, 0) is 6.42 Å². The molecule has 1 aromatic carbocycles. The molecule has 2 nitrogen and oxygen atoms in total. The van der Waals surface area contributed by atoms with Crippen molar-refractivity contribution in [1.29, 1.82) is 0 Å². The number of aromatic nitrogens is 1. The monoisotopic (exact) mass is 267 g/mol. The second-order valence-corrected chi connectivity index (χ2v) is 6.98. The first-order chi connectivity index (χ1) is 9.84. The van der Waals surface area contributed by atoms with Gasteiger partial charge in [0.05, 0.1) is 5.52 Å². The third-order valence-corrected chi connectivity index (χ3v) is 6.12. The highest BCUT2D eigenvalue weighted by atomic mass is 16.3. The van der Waals surface area contributed by atoms with E-state index in [4.69, 9.17) is 0 Å². The predicted octanol–water partition coefficient (Wildman–Crippen LogP) is 3.98. The molecule has 3 aliphatic rings. The maximum Gasteiger partial charge on any atom is 0.131 e. The summed E-state index contributed by atoms with van der Waals surface area (Å²) in [6, 6.07) is 8.69. The van der Waals surface area contributed by atoms with Crippen molar-refractivity contribution < 1.29 is 5.11 Å². The minimum absolute atomic E-state index is 0.304. The molecule has 0 radical (unpaired) electrons. The number of para-hydroxylation sites is 1. The summed E-state index contributed by atoms with van der Waals surface area (Å²) in [6.07, 6.45) is 7.32. The zero-order valence-corrected chi connectivity index (χ0v) is 11.8. The molecule has 0 amide bonds. The first-order valence-electron chi connectivity index (χ1n) is 8.14. The Morgan fingerprint density at radius 2 is 1.90 bits per heavy atom. The quantitative estimate of drug-likeness (QED) is 0.767. The lowest BCUT2D eigenvalue weighted by atomic mass is 9.63. The van der Waals surface area contributed by atoms with Gasteiger partial charge in [0.1, 0.15) is 6.23 Å². The Morgan fingerprint density at radius 1 is 1.05 bits per heavy atom. The molecular formula is C18H21NO. The number of hydrogen-bond donors (Lipinski definition) is 1. The molecule has 1 fully saturated rings. The minimum Gasteiger partial charge on any atom is -0.373 e. The molecule has 2 heterocycles. The van der Waals surface area contributed by atoms with Crippen LogP contribution in [0.5, 0.6) is 0 Å². The molecule has 2 aliphatic carbocycles. The lowest BCUT2D eigenvalue weighted by molar-refractivity contribution is 0.0221. The average molecular weight is 267 g/mol. The van der Waals surface area contributed by atoms with Crippen LogP contribution in [0.1, 0.15) is 55.5 Å². The van der Waals surface area contributed by atoms with Gasteiger partial charge in [0.2, 0.25) is 0 Å². The van der Waals surface area contributed by atoms with Crippen LogP contribution in [0.15, 0.2) is 24.3 Å². The molecule has 2 heteroatoms. The van der Waals surface area contributed by atoms with E-state index in [2.05, 4.69) is 28.8 Å². The Balaban J connectivity index is 1.85. The molecule has 4 atom stereocenters. The summed E-state index contributed by atoms with van der Waals surface area (Å²) in [7, 11) is 0. The summed E-state index contributed by atoms with van der Waals surface area (Å²) in [6.45, 7) is 0. The molecule has 104 valence electrons. The lowest BCUT2D eigenvalue weighted by Gasteiger charge is -2.46. The molecule has 2 unspecified atom stereocenters. The Labute approximate surface area is 119 Å². The number of nitrogens with zero attached hydrogens (tertiary/aromatic N) is 1. The summed E-state index contributed by atoms with van der Waals surface area (Å²) in [5.74, 6) is 2.32. The maximum absolute atomic E-state index is 10.7. The molecule has 0 spiro atoms. The predicted molar refractivity (Wildman–Crippen MR) is 79.7 cm³/mol. The number of aliphatic hydroxyl groups excluding tert-OH is 1. The third kappa shape index (κ3) is 1.28. The molecule has 5 rings (SSSR count). The number of benzene rings is 1. The van der Waals surface area contributed by atoms with E-state index in [9.17, 15) is 5.11 Å². The zero-order chi connectivity index (χ0) is 13.3. The van der Waals surface area contributed by atoms with E-state index in [1.54, 1.807) is 5.56 Å². The highest BCUT2D eigenvalue weighted by Gasteiger charge is 2.45. The SMILES string of the molecule is O[C@@H]1CC2CCCC3CCc4c(n1c1ccccc41)[C@@H]32. The number of aryl methyl sites for hydroxylation is 1. The third-order valence-electron chi connectivity index (χ3n) is 6.12. The van der Waals surface area contributed by atoms with Gasteiger partial charge in [-0.25, -0.2) is 0 Å². The maximum atomic E-state index is 10.7. The summed E-state index contributed by atoms with van der Waals surface area (Å²) < 4.78 is 2.28. The van der Waals surface area contributed by atoms with Crippen molar-refractivity contribution in [2.24, 2.45) is 11.8 Å². The summed E-state index contributed by atoms with van der Waals surface area (Å²) in [5, 5.41) is 12.1. The van der Waals surface area contributed by atoms with Gasteiger partial charge >= 0.3 is 0 Å². The highest BCUT2D eigenvalue weighted by molar-refractivity contribution is 5.86. The van der Waals surface area contributed by atoms with Crippen molar-refractivity contribution in [2.75, 3.05) is 0 Å². The van der Waals surface area contributed by atoms with Crippen molar-refractivity contribution in [3.63, 3.8) is 0 Å². The standard InChI is InChI=1S/C18H21NO/c20-16-10-12-5-3-4-11-8-9-14-13-6-1-2-7-15(13)19(16)18(14)17(11)12/h1-2,6-7,11-12,16-17,20H,3-5,8-10H2/t11?,12?,16-,17+/m1/s1. The lowest BCUT2D eigenvalue weighted by Crippen LogP contribution is -2.38. The Kier molecular flexibility index (Phi) is 2.21. The molecular weight excluding hydrogens is 246 g/mol. The van der Waals surface area contributed by atoms with E-state index in [-0.39, 0.29) is 6.23 Å². The molecule has 0 saturated heterocycles. The van der Waals surface area contributed by atoms with E-state index in [0.29, 0.717) is 0 Å². The Hall–Kier alpha value is -1.28. The van der Waals surface area contributed by atoms with Gasteiger partial charge in [0, 0.05) is 17.0 Å². The fourth-order valence-corrected chi connectivity index (χ4v) is 5.42. The van der Waals surface area contributed by atoms with E-state index >= 15 is 0 Å². The van der Waals surface area contributed by atoms with Gasteiger partial charge < -0.3 is 9.67 Å². The number of fused-ring (bicyclic) bond motifs is 3.